The Hall–Kier alpha value is -1.56. The highest BCUT2D eigenvalue weighted by atomic mass is 16.5. The van der Waals surface area contributed by atoms with Crippen LogP contribution in [0.2, 0.25) is 0 Å². The summed E-state index contributed by atoms with van der Waals surface area (Å²) in [4.78, 5) is 11.7. The molecule has 0 aliphatic carbocycles. The second kappa shape index (κ2) is 4.52. The van der Waals surface area contributed by atoms with Crippen molar-refractivity contribution in [3.63, 3.8) is 0 Å². The summed E-state index contributed by atoms with van der Waals surface area (Å²) < 4.78 is 11.8. The Morgan fingerprint density at radius 2 is 2.62 bits per heavy atom. The largest absolute Gasteiger partial charge is 0.461 e. The number of anilines is 1. The SMILES string of the molecule is Cn1ncc(N)c1C(=O)OCC1CCOC1. The third kappa shape index (κ3) is 2.16. The van der Waals surface area contributed by atoms with Gasteiger partial charge in [-0.05, 0) is 6.42 Å². The number of nitrogen functional groups attached to an aromatic ring is 1. The maximum Gasteiger partial charge on any atom is 0.358 e. The number of esters is 1. The van der Waals surface area contributed by atoms with E-state index in [1.807, 2.05) is 0 Å². The molecule has 1 aliphatic heterocycles. The molecule has 2 heterocycles. The predicted molar refractivity (Wildman–Crippen MR) is 56.8 cm³/mol. The standard InChI is InChI=1S/C10H15N3O3/c1-13-9(8(11)4-12-13)10(14)16-6-7-2-3-15-5-7/h4,7H,2-3,5-6,11H2,1H3. The number of nitrogens with zero attached hydrogens (tertiary/aromatic N) is 2. The fourth-order valence-corrected chi connectivity index (χ4v) is 1.68. The van der Waals surface area contributed by atoms with E-state index in [4.69, 9.17) is 15.2 Å². The van der Waals surface area contributed by atoms with Crippen molar-refractivity contribution in [3.05, 3.63) is 11.9 Å². The zero-order valence-corrected chi connectivity index (χ0v) is 9.18. The molecule has 0 spiro atoms. The molecule has 2 rings (SSSR count). The van der Waals surface area contributed by atoms with E-state index < -0.39 is 5.97 Å². The number of aromatic nitrogens is 2. The third-order valence-electron chi connectivity index (χ3n) is 2.63. The summed E-state index contributed by atoms with van der Waals surface area (Å²) in [5.41, 5.74) is 6.26. The lowest BCUT2D eigenvalue weighted by Crippen LogP contribution is -2.17. The topological polar surface area (TPSA) is 79.4 Å². The lowest BCUT2D eigenvalue weighted by Gasteiger charge is -2.09. The minimum absolute atomic E-state index is 0.304. The number of carbonyl (C=O) groups is 1. The van der Waals surface area contributed by atoms with Crippen LogP contribution in [0, 0.1) is 5.92 Å². The molecular weight excluding hydrogens is 210 g/mol. The summed E-state index contributed by atoms with van der Waals surface area (Å²) in [5.74, 6) is -0.122. The minimum atomic E-state index is -0.426. The molecule has 1 saturated heterocycles. The van der Waals surface area contributed by atoms with Crippen molar-refractivity contribution in [1.82, 2.24) is 9.78 Å². The van der Waals surface area contributed by atoms with E-state index in [0.717, 1.165) is 13.0 Å². The van der Waals surface area contributed by atoms with E-state index >= 15 is 0 Å². The summed E-state index contributed by atoms with van der Waals surface area (Å²) in [6.45, 7) is 1.79. The van der Waals surface area contributed by atoms with Crippen molar-refractivity contribution >= 4 is 11.7 Å². The van der Waals surface area contributed by atoms with E-state index in [0.29, 0.717) is 30.5 Å². The van der Waals surface area contributed by atoms with E-state index in [1.54, 1.807) is 7.05 Å². The van der Waals surface area contributed by atoms with Gasteiger partial charge in [-0.25, -0.2) is 4.79 Å². The van der Waals surface area contributed by atoms with Gasteiger partial charge in [0.25, 0.3) is 0 Å². The van der Waals surface area contributed by atoms with Gasteiger partial charge in [-0.1, -0.05) is 0 Å². The summed E-state index contributed by atoms with van der Waals surface area (Å²) in [7, 11) is 1.66. The van der Waals surface area contributed by atoms with Crippen LogP contribution >= 0.6 is 0 Å². The Morgan fingerprint density at radius 1 is 1.81 bits per heavy atom. The molecule has 6 nitrogen and oxygen atoms in total. The van der Waals surface area contributed by atoms with Gasteiger partial charge in [0.2, 0.25) is 0 Å². The van der Waals surface area contributed by atoms with E-state index in [2.05, 4.69) is 5.10 Å². The molecule has 1 aromatic heterocycles. The van der Waals surface area contributed by atoms with Crippen molar-refractivity contribution in [1.29, 1.82) is 0 Å². The zero-order chi connectivity index (χ0) is 11.5. The van der Waals surface area contributed by atoms with Gasteiger partial charge in [-0.2, -0.15) is 5.10 Å². The van der Waals surface area contributed by atoms with Gasteiger partial charge in [0, 0.05) is 19.6 Å². The Labute approximate surface area is 93.3 Å². The van der Waals surface area contributed by atoms with Crippen LogP contribution in [0.1, 0.15) is 16.9 Å². The smallest absolute Gasteiger partial charge is 0.358 e. The minimum Gasteiger partial charge on any atom is -0.461 e. The van der Waals surface area contributed by atoms with E-state index in [1.165, 1.54) is 10.9 Å². The number of nitrogens with two attached hydrogens (primary N) is 1. The average molecular weight is 225 g/mol. The maximum absolute atomic E-state index is 11.7. The second-order valence-corrected chi connectivity index (χ2v) is 3.90. The van der Waals surface area contributed by atoms with Gasteiger partial charge in [0.15, 0.2) is 5.69 Å². The van der Waals surface area contributed by atoms with Crippen LogP contribution in [0.3, 0.4) is 0 Å². The molecular formula is C10H15N3O3. The first-order valence-corrected chi connectivity index (χ1v) is 5.21. The summed E-state index contributed by atoms with van der Waals surface area (Å²) in [5, 5.41) is 3.88. The Morgan fingerprint density at radius 3 is 3.19 bits per heavy atom. The monoisotopic (exact) mass is 225 g/mol. The van der Waals surface area contributed by atoms with Crippen LogP contribution in [0.4, 0.5) is 5.69 Å². The molecule has 1 aromatic rings. The highest BCUT2D eigenvalue weighted by molar-refractivity contribution is 5.92. The van der Waals surface area contributed by atoms with Crippen molar-refractivity contribution in [3.8, 4) is 0 Å². The normalized spacial score (nSPS) is 19.9. The van der Waals surface area contributed by atoms with Crippen LogP contribution in [0.15, 0.2) is 6.20 Å². The van der Waals surface area contributed by atoms with Gasteiger partial charge < -0.3 is 15.2 Å². The Balaban J connectivity index is 1.92. The predicted octanol–water partition coefficient (Wildman–Crippen LogP) is 0.196. The van der Waals surface area contributed by atoms with E-state index in [9.17, 15) is 4.79 Å². The average Bonchev–Trinajstić information content (AvgIpc) is 2.86. The van der Waals surface area contributed by atoms with Gasteiger partial charge in [0.05, 0.1) is 25.1 Å². The molecule has 1 fully saturated rings. The molecule has 16 heavy (non-hydrogen) atoms. The van der Waals surface area contributed by atoms with Gasteiger partial charge in [-0.15, -0.1) is 0 Å². The number of rotatable bonds is 3. The molecule has 88 valence electrons. The van der Waals surface area contributed by atoms with Gasteiger partial charge in [-0.3, -0.25) is 4.68 Å². The summed E-state index contributed by atoms with van der Waals surface area (Å²) in [6.07, 6.45) is 2.38. The fraction of sp³-hybridized carbons (Fsp3) is 0.600. The lowest BCUT2D eigenvalue weighted by atomic mass is 10.1. The van der Waals surface area contributed by atoms with Gasteiger partial charge >= 0.3 is 5.97 Å². The molecule has 0 amide bonds. The van der Waals surface area contributed by atoms with Crippen molar-refractivity contribution in [2.45, 2.75) is 6.42 Å². The lowest BCUT2D eigenvalue weighted by molar-refractivity contribution is 0.0417. The highest BCUT2D eigenvalue weighted by Gasteiger charge is 2.21. The quantitative estimate of drug-likeness (QED) is 0.743. The Bertz CT molecular complexity index is 363. The van der Waals surface area contributed by atoms with Crippen molar-refractivity contribution < 1.29 is 14.3 Å². The first kappa shape index (κ1) is 10.9. The van der Waals surface area contributed by atoms with Crippen LogP contribution in [-0.2, 0) is 16.5 Å². The van der Waals surface area contributed by atoms with Crippen molar-refractivity contribution in [2.24, 2.45) is 13.0 Å². The summed E-state index contributed by atoms with van der Waals surface area (Å²) >= 11 is 0. The molecule has 6 heteroatoms. The molecule has 0 saturated carbocycles. The van der Waals surface area contributed by atoms with Crippen molar-refractivity contribution in [2.75, 3.05) is 25.6 Å². The number of hydrogen-bond acceptors (Lipinski definition) is 5. The first-order chi connectivity index (χ1) is 7.68. The number of hydrogen-bond donors (Lipinski definition) is 1. The fourth-order valence-electron chi connectivity index (χ4n) is 1.68. The van der Waals surface area contributed by atoms with Gasteiger partial charge in [0.1, 0.15) is 0 Å². The number of aryl methyl sites for hydroxylation is 1. The zero-order valence-electron chi connectivity index (χ0n) is 9.18. The van der Waals surface area contributed by atoms with Crippen LogP contribution in [0.25, 0.3) is 0 Å². The number of carbonyl (C=O) groups excluding carboxylic acids is 1. The highest BCUT2D eigenvalue weighted by Crippen LogP contribution is 2.15. The molecule has 0 bridgehead atoms. The van der Waals surface area contributed by atoms with Crippen LogP contribution in [-0.4, -0.2) is 35.6 Å². The molecule has 1 aliphatic rings. The molecule has 0 radical (unpaired) electrons. The van der Waals surface area contributed by atoms with E-state index in [-0.39, 0.29) is 0 Å². The molecule has 0 aromatic carbocycles. The number of ether oxygens (including phenoxy) is 2. The molecule has 1 atom stereocenters. The Kier molecular flexibility index (Phi) is 3.09. The van der Waals surface area contributed by atoms with Crippen LogP contribution in [0.5, 0.6) is 0 Å². The maximum atomic E-state index is 11.7. The second-order valence-electron chi connectivity index (χ2n) is 3.90. The first-order valence-electron chi connectivity index (χ1n) is 5.21. The molecule has 1 unspecified atom stereocenters. The summed E-state index contributed by atoms with van der Waals surface area (Å²) in [6, 6.07) is 0. The molecule has 2 N–H and O–H groups in total. The third-order valence-corrected chi connectivity index (χ3v) is 2.63. The van der Waals surface area contributed by atoms with Crippen LogP contribution < -0.4 is 5.73 Å².